The molecule has 258 valence electrons. The second kappa shape index (κ2) is 13.1. The predicted octanol–water partition coefficient (Wildman–Crippen LogP) is 16.0. The van der Waals surface area contributed by atoms with Gasteiger partial charge in [0.1, 0.15) is 0 Å². The standard InChI is InChI=1S/C52H33NS2/c1-2-13-36-32-38(27-26-34(36)12-1)41-16-3-6-22-47(41)53(39-30-28-35(29-31-39)42-19-11-25-50-51(42)46-18-5-8-24-49(46)54-50)40-15-9-14-37(33-40)43-20-10-21-45-44-17-4-7-23-48(44)55-52(43)45/h1-33H. The van der Waals surface area contributed by atoms with Crippen LogP contribution >= 0.6 is 22.7 Å². The van der Waals surface area contributed by atoms with Gasteiger partial charge < -0.3 is 4.90 Å². The third-order valence-corrected chi connectivity index (χ3v) is 13.2. The molecule has 0 amide bonds. The third-order valence-electron chi connectivity index (χ3n) is 10.9. The first-order chi connectivity index (χ1) is 27.3. The first kappa shape index (κ1) is 32.0. The van der Waals surface area contributed by atoms with Crippen molar-refractivity contribution in [2.24, 2.45) is 0 Å². The molecule has 1 nitrogen and oxygen atoms in total. The van der Waals surface area contributed by atoms with Crippen LogP contribution in [0.3, 0.4) is 0 Å². The maximum absolute atomic E-state index is 2.43. The van der Waals surface area contributed by atoms with E-state index in [1.807, 2.05) is 22.7 Å². The molecule has 0 fully saturated rings. The Bertz CT molecular complexity index is 3220. The van der Waals surface area contributed by atoms with Gasteiger partial charge >= 0.3 is 0 Å². The van der Waals surface area contributed by atoms with E-state index < -0.39 is 0 Å². The minimum Gasteiger partial charge on any atom is -0.310 e. The number of hydrogen-bond donors (Lipinski definition) is 0. The van der Waals surface area contributed by atoms with E-state index in [2.05, 4.69) is 205 Å². The number of fused-ring (bicyclic) bond motifs is 7. The molecule has 0 atom stereocenters. The summed E-state index contributed by atoms with van der Waals surface area (Å²) < 4.78 is 5.28. The quantitative estimate of drug-likeness (QED) is 0.164. The summed E-state index contributed by atoms with van der Waals surface area (Å²) in [7, 11) is 0. The van der Waals surface area contributed by atoms with Crippen molar-refractivity contribution in [1.29, 1.82) is 0 Å². The maximum atomic E-state index is 2.43. The van der Waals surface area contributed by atoms with Crippen molar-refractivity contribution in [1.82, 2.24) is 0 Å². The first-order valence-electron chi connectivity index (χ1n) is 18.7. The summed E-state index contributed by atoms with van der Waals surface area (Å²) >= 11 is 3.75. The molecule has 0 unspecified atom stereocenters. The lowest BCUT2D eigenvalue weighted by Gasteiger charge is -2.28. The summed E-state index contributed by atoms with van der Waals surface area (Å²) in [5.41, 5.74) is 10.7. The fourth-order valence-corrected chi connectivity index (χ4v) is 10.7. The summed E-state index contributed by atoms with van der Waals surface area (Å²) in [6.07, 6.45) is 0. The van der Waals surface area contributed by atoms with Crippen LogP contribution in [0.2, 0.25) is 0 Å². The lowest BCUT2D eigenvalue weighted by atomic mass is 9.97. The van der Waals surface area contributed by atoms with Gasteiger partial charge in [-0.1, -0.05) is 146 Å². The van der Waals surface area contributed by atoms with E-state index >= 15 is 0 Å². The Morgan fingerprint density at radius 1 is 0.327 bits per heavy atom. The molecule has 11 rings (SSSR count). The Labute approximate surface area is 327 Å². The summed E-state index contributed by atoms with van der Waals surface area (Å²) in [5, 5.41) is 7.76. The van der Waals surface area contributed by atoms with Gasteiger partial charge in [-0.2, -0.15) is 0 Å². The zero-order valence-electron chi connectivity index (χ0n) is 29.8. The summed E-state index contributed by atoms with van der Waals surface area (Å²) in [6.45, 7) is 0. The molecule has 2 heterocycles. The van der Waals surface area contributed by atoms with E-state index in [9.17, 15) is 0 Å². The second-order valence-electron chi connectivity index (χ2n) is 14.1. The molecule has 55 heavy (non-hydrogen) atoms. The van der Waals surface area contributed by atoms with E-state index in [-0.39, 0.29) is 0 Å². The van der Waals surface area contributed by atoms with Gasteiger partial charge in [0.25, 0.3) is 0 Å². The normalized spacial score (nSPS) is 11.6. The van der Waals surface area contributed by atoms with Gasteiger partial charge in [-0.05, 0) is 93.2 Å². The fraction of sp³-hybridized carbons (Fsp3) is 0. The smallest absolute Gasteiger partial charge is 0.0540 e. The Hall–Kier alpha value is -6.52. The van der Waals surface area contributed by atoms with Crippen LogP contribution in [-0.4, -0.2) is 0 Å². The number of rotatable bonds is 6. The molecule has 0 aliphatic heterocycles. The number of nitrogens with zero attached hydrogens (tertiary/aromatic N) is 1. The minimum atomic E-state index is 1.11. The number of para-hydroxylation sites is 1. The molecule has 0 N–H and O–H groups in total. The van der Waals surface area contributed by atoms with Gasteiger partial charge in [0.05, 0.1) is 5.69 Å². The zero-order chi connectivity index (χ0) is 36.3. The highest BCUT2D eigenvalue weighted by Crippen LogP contribution is 2.46. The Balaban J connectivity index is 1.09. The van der Waals surface area contributed by atoms with Crippen LogP contribution in [0.15, 0.2) is 200 Å². The van der Waals surface area contributed by atoms with Crippen LogP contribution in [0.4, 0.5) is 17.1 Å². The van der Waals surface area contributed by atoms with Gasteiger partial charge in [-0.3, -0.25) is 0 Å². The molecule has 11 aromatic rings. The Morgan fingerprint density at radius 2 is 0.945 bits per heavy atom. The summed E-state index contributed by atoms with van der Waals surface area (Å²) in [6, 6.07) is 73.4. The van der Waals surface area contributed by atoms with Crippen LogP contribution in [0.1, 0.15) is 0 Å². The van der Waals surface area contributed by atoms with Crippen LogP contribution < -0.4 is 4.90 Å². The molecule has 2 aromatic heterocycles. The van der Waals surface area contributed by atoms with Crippen LogP contribution in [-0.2, 0) is 0 Å². The number of hydrogen-bond acceptors (Lipinski definition) is 3. The van der Waals surface area contributed by atoms with Gasteiger partial charge in [-0.15, -0.1) is 22.7 Å². The number of benzene rings is 9. The lowest BCUT2D eigenvalue weighted by Crippen LogP contribution is -2.11. The van der Waals surface area contributed by atoms with Crippen molar-refractivity contribution < 1.29 is 0 Å². The maximum Gasteiger partial charge on any atom is 0.0540 e. The second-order valence-corrected chi connectivity index (χ2v) is 16.2. The van der Waals surface area contributed by atoms with Crippen molar-refractivity contribution in [2.45, 2.75) is 0 Å². The van der Waals surface area contributed by atoms with Crippen molar-refractivity contribution in [3.05, 3.63) is 200 Å². The first-order valence-corrected chi connectivity index (χ1v) is 20.3. The summed E-state index contributed by atoms with van der Waals surface area (Å²) in [5.74, 6) is 0. The lowest BCUT2D eigenvalue weighted by molar-refractivity contribution is 1.28. The van der Waals surface area contributed by atoms with Crippen molar-refractivity contribution in [2.75, 3.05) is 4.90 Å². The largest absolute Gasteiger partial charge is 0.310 e. The molecule has 0 aliphatic rings. The molecular weight excluding hydrogens is 703 g/mol. The highest BCUT2D eigenvalue weighted by atomic mass is 32.1. The van der Waals surface area contributed by atoms with Gasteiger partial charge in [0, 0.05) is 57.3 Å². The molecule has 0 saturated heterocycles. The molecule has 0 spiro atoms. The van der Waals surface area contributed by atoms with E-state index in [0.717, 1.165) is 17.1 Å². The average molecular weight is 736 g/mol. The molecular formula is C52H33NS2. The van der Waals surface area contributed by atoms with Crippen LogP contribution in [0, 0.1) is 0 Å². The predicted molar refractivity (Wildman–Crippen MR) is 241 cm³/mol. The van der Waals surface area contributed by atoms with Crippen LogP contribution in [0.5, 0.6) is 0 Å². The highest BCUT2D eigenvalue weighted by molar-refractivity contribution is 7.26. The molecule has 3 heteroatoms. The zero-order valence-corrected chi connectivity index (χ0v) is 31.4. The highest BCUT2D eigenvalue weighted by Gasteiger charge is 2.20. The monoisotopic (exact) mass is 735 g/mol. The van der Waals surface area contributed by atoms with E-state index in [1.54, 1.807) is 0 Å². The SMILES string of the molecule is c1cc(-c2cccc3c2sc2ccccc23)cc(N(c2ccc(-c3cccc4sc5ccccc5c34)cc2)c2ccccc2-c2ccc3ccccc3c2)c1. The van der Waals surface area contributed by atoms with E-state index in [0.29, 0.717) is 0 Å². The molecule has 9 aromatic carbocycles. The Kier molecular flexibility index (Phi) is 7.61. The van der Waals surface area contributed by atoms with Gasteiger partial charge in [0.15, 0.2) is 0 Å². The van der Waals surface area contributed by atoms with E-state index in [1.165, 1.54) is 84.5 Å². The molecule has 0 saturated carbocycles. The van der Waals surface area contributed by atoms with Crippen molar-refractivity contribution >= 4 is 90.9 Å². The number of anilines is 3. The summed E-state index contributed by atoms with van der Waals surface area (Å²) in [4.78, 5) is 2.43. The average Bonchev–Trinajstić information content (AvgIpc) is 3.83. The molecule has 0 radical (unpaired) electrons. The third kappa shape index (κ3) is 5.43. The van der Waals surface area contributed by atoms with Gasteiger partial charge in [-0.25, -0.2) is 0 Å². The van der Waals surface area contributed by atoms with Crippen molar-refractivity contribution in [3.63, 3.8) is 0 Å². The van der Waals surface area contributed by atoms with Gasteiger partial charge in [0.2, 0.25) is 0 Å². The van der Waals surface area contributed by atoms with Crippen LogP contribution in [0.25, 0.3) is 84.5 Å². The fourth-order valence-electron chi connectivity index (χ4n) is 8.29. The van der Waals surface area contributed by atoms with Crippen molar-refractivity contribution in [3.8, 4) is 33.4 Å². The molecule has 0 aliphatic carbocycles. The minimum absolute atomic E-state index is 1.11. The number of thiophene rings is 2. The Morgan fingerprint density at radius 3 is 1.84 bits per heavy atom. The topological polar surface area (TPSA) is 3.24 Å². The van der Waals surface area contributed by atoms with E-state index in [4.69, 9.17) is 0 Å². The molecule has 0 bridgehead atoms.